The summed E-state index contributed by atoms with van der Waals surface area (Å²) in [6.07, 6.45) is 5.16. The van der Waals surface area contributed by atoms with Gasteiger partial charge in [-0.15, -0.1) is 0 Å². The lowest BCUT2D eigenvalue weighted by atomic mass is 9.95. The van der Waals surface area contributed by atoms with Gasteiger partial charge in [0.2, 0.25) is 5.91 Å². The lowest BCUT2D eigenvalue weighted by Gasteiger charge is -2.32. The molecule has 3 rings (SSSR count). The van der Waals surface area contributed by atoms with Gasteiger partial charge < -0.3 is 15.4 Å². The van der Waals surface area contributed by atoms with E-state index in [1.54, 1.807) is 0 Å². The second-order valence-electron chi connectivity index (χ2n) is 7.20. The fourth-order valence-electron chi connectivity index (χ4n) is 3.65. The van der Waals surface area contributed by atoms with E-state index in [0.717, 1.165) is 25.9 Å². The van der Waals surface area contributed by atoms with Crippen LogP contribution in [0.1, 0.15) is 37.7 Å². The Labute approximate surface area is 155 Å². The third-order valence-electron chi connectivity index (χ3n) is 5.09. The SMILES string of the molecule is O=C(CNC(=O)C1CN(Cc2ccccc2)CCO1)NC1CCCCC1. The van der Waals surface area contributed by atoms with Gasteiger partial charge in [0.15, 0.2) is 0 Å². The number of amides is 2. The maximum Gasteiger partial charge on any atom is 0.250 e. The molecule has 26 heavy (non-hydrogen) atoms. The first-order chi connectivity index (χ1) is 12.7. The van der Waals surface area contributed by atoms with Crippen LogP contribution in [-0.4, -0.2) is 55.1 Å². The number of morpholine rings is 1. The summed E-state index contributed by atoms with van der Waals surface area (Å²) in [7, 11) is 0. The molecule has 1 aliphatic carbocycles. The van der Waals surface area contributed by atoms with E-state index in [1.165, 1.54) is 24.8 Å². The van der Waals surface area contributed by atoms with Gasteiger partial charge in [0, 0.05) is 25.7 Å². The predicted molar refractivity (Wildman–Crippen MR) is 99.5 cm³/mol. The number of nitrogens with one attached hydrogen (secondary N) is 2. The average molecular weight is 359 g/mol. The van der Waals surface area contributed by atoms with Gasteiger partial charge in [-0.05, 0) is 18.4 Å². The van der Waals surface area contributed by atoms with Crippen LogP contribution >= 0.6 is 0 Å². The number of benzene rings is 1. The van der Waals surface area contributed by atoms with E-state index in [2.05, 4.69) is 27.7 Å². The predicted octanol–water partition coefficient (Wildman–Crippen LogP) is 1.45. The van der Waals surface area contributed by atoms with Crippen LogP contribution in [0.5, 0.6) is 0 Å². The maximum absolute atomic E-state index is 12.3. The summed E-state index contributed by atoms with van der Waals surface area (Å²) < 4.78 is 5.60. The van der Waals surface area contributed by atoms with E-state index in [9.17, 15) is 9.59 Å². The zero-order chi connectivity index (χ0) is 18.2. The Morgan fingerprint density at radius 1 is 1.12 bits per heavy atom. The van der Waals surface area contributed by atoms with Crippen molar-refractivity contribution >= 4 is 11.8 Å². The van der Waals surface area contributed by atoms with E-state index >= 15 is 0 Å². The molecular weight excluding hydrogens is 330 g/mol. The van der Waals surface area contributed by atoms with Crippen LogP contribution in [0.15, 0.2) is 30.3 Å². The van der Waals surface area contributed by atoms with Crippen molar-refractivity contribution in [2.45, 2.75) is 50.8 Å². The first-order valence-electron chi connectivity index (χ1n) is 9.65. The molecule has 1 aromatic rings. The average Bonchev–Trinajstić information content (AvgIpc) is 2.68. The summed E-state index contributed by atoms with van der Waals surface area (Å²) in [5, 5.41) is 5.74. The molecule has 0 spiro atoms. The normalized spacial score (nSPS) is 21.9. The molecule has 2 aliphatic rings. The molecule has 1 saturated carbocycles. The molecule has 2 N–H and O–H groups in total. The van der Waals surface area contributed by atoms with Gasteiger partial charge in [-0.2, -0.15) is 0 Å². The van der Waals surface area contributed by atoms with Crippen LogP contribution in [0, 0.1) is 0 Å². The lowest BCUT2D eigenvalue weighted by Crippen LogP contribution is -2.51. The van der Waals surface area contributed by atoms with Crippen LogP contribution in [0.25, 0.3) is 0 Å². The summed E-state index contributed by atoms with van der Waals surface area (Å²) >= 11 is 0. The van der Waals surface area contributed by atoms with Gasteiger partial charge in [-0.3, -0.25) is 14.5 Å². The Kier molecular flexibility index (Phi) is 7.03. The highest BCUT2D eigenvalue weighted by molar-refractivity contribution is 5.87. The minimum atomic E-state index is -0.519. The number of rotatable bonds is 6. The summed E-state index contributed by atoms with van der Waals surface area (Å²) in [6.45, 7) is 2.70. The first-order valence-corrected chi connectivity index (χ1v) is 9.65. The van der Waals surface area contributed by atoms with E-state index in [4.69, 9.17) is 4.74 Å². The highest BCUT2D eigenvalue weighted by Crippen LogP contribution is 2.17. The molecule has 142 valence electrons. The molecule has 1 aliphatic heterocycles. The summed E-state index contributed by atoms with van der Waals surface area (Å²) in [5.41, 5.74) is 1.22. The maximum atomic E-state index is 12.3. The Hall–Kier alpha value is -1.92. The van der Waals surface area contributed by atoms with Crippen molar-refractivity contribution < 1.29 is 14.3 Å². The molecule has 2 fully saturated rings. The molecule has 1 heterocycles. The molecular formula is C20H29N3O3. The highest BCUT2D eigenvalue weighted by atomic mass is 16.5. The molecule has 1 saturated heterocycles. The number of carbonyl (C=O) groups excluding carboxylic acids is 2. The topological polar surface area (TPSA) is 70.7 Å². The molecule has 1 aromatic carbocycles. The van der Waals surface area contributed by atoms with Crippen LogP contribution in [0.2, 0.25) is 0 Å². The van der Waals surface area contributed by atoms with Crippen molar-refractivity contribution in [2.24, 2.45) is 0 Å². The van der Waals surface area contributed by atoms with Crippen molar-refractivity contribution in [1.29, 1.82) is 0 Å². The van der Waals surface area contributed by atoms with Gasteiger partial charge in [0.25, 0.3) is 5.91 Å². The monoisotopic (exact) mass is 359 g/mol. The fourth-order valence-corrected chi connectivity index (χ4v) is 3.65. The van der Waals surface area contributed by atoms with Crippen molar-refractivity contribution in [2.75, 3.05) is 26.2 Å². The zero-order valence-electron chi connectivity index (χ0n) is 15.3. The van der Waals surface area contributed by atoms with Crippen molar-refractivity contribution in [3.8, 4) is 0 Å². The Bertz CT molecular complexity index is 587. The zero-order valence-corrected chi connectivity index (χ0v) is 15.3. The number of hydrogen-bond acceptors (Lipinski definition) is 4. The van der Waals surface area contributed by atoms with Gasteiger partial charge in [-0.25, -0.2) is 0 Å². The van der Waals surface area contributed by atoms with E-state index in [-0.39, 0.29) is 24.4 Å². The molecule has 0 bridgehead atoms. The smallest absolute Gasteiger partial charge is 0.250 e. The van der Waals surface area contributed by atoms with E-state index in [0.29, 0.717) is 13.2 Å². The molecule has 1 unspecified atom stereocenters. The fraction of sp³-hybridized carbons (Fsp3) is 0.600. The summed E-state index contributed by atoms with van der Waals surface area (Å²) in [6, 6.07) is 10.5. The molecule has 2 amide bonds. The first kappa shape index (κ1) is 18.9. The summed E-state index contributed by atoms with van der Waals surface area (Å²) in [4.78, 5) is 26.6. The summed E-state index contributed by atoms with van der Waals surface area (Å²) in [5.74, 6) is -0.316. The lowest BCUT2D eigenvalue weighted by molar-refractivity contribution is -0.140. The molecule has 6 heteroatoms. The van der Waals surface area contributed by atoms with Crippen LogP contribution < -0.4 is 10.6 Å². The Morgan fingerprint density at radius 3 is 2.65 bits per heavy atom. The van der Waals surface area contributed by atoms with Crippen LogP contribution in [-0.2, 0) is 20.9 Å². The molecule has 0 radical (unpaired) electrons. The Balaban J connectivity index is 1.40. The van der Waals surface area contributed by atoms with Gasteiger partial charge in [-0.1, -0.05) is 49.6 Å². The number of nitrogens with zero attached hydrogens (tertiary/aromatic N) is 1. The van der Waals surface area contributed by atoms with Gasteiger partial charge >= 0.3 is 0 Å². The van der Waals surface area contributed by atoms with Gasteiger partial charge in [0.1, 0.15) is 6.10 Å². The second kappa shape index (κ2) is 9.69. The Morgan fingerprint density at radius 2 is 1.88 bits per heavy atom. The third-order valence-corrected chi connectivity index (χ3v) is 5.09. The number of hydrogen-bond donors (Lipinski definition) is 2. The van der Waals surface area contributed by atoms with Crippen molar-refractivity contribution in [3.05, 3.63) is 35.9 Å². The molecule has 1 atom stereocenters. The highest BCUT2D eigenvalue weighted by Gasteiger charge is 2.27. The van der Waals surface area contributed by atoms with Crippen LogP contribution in [0.3, 0.4) is 0 Å². The number of ether oxygens (including phenoxy) is 1. The second-order valence-corrected chi connectivity index (χ2v) is 7.20. The van der Waals surface area contributed by atoms with Gasteiger partial charge in [0.05, 0.1) is 13.2 Å². The number of carbonyl (C=O) groups is 2. The largest absolute Gasteiger partial charge is 0.366 e. The molecule has 6 nitrogen and oxygen atoms in total. The minimum Gasteiger partial charge on any atom is -0.366 e. The van der Waals surface area contributed by atoms with E-state index < -0.39 is 6.10 Å². The minimum absolute atomic E-state index is 0.0217. The van der Waals surface area contributed by atoms with Crippen LogP contribution in [0.4, 0.5) is 0 Å². The van der Waals surface area contributed by atoms with E-state index in [1.807, 2.05) is 18.2 Å². The quantitative estimate of drug-likeness (QED) is 0.807. The molecule has 0 aromatic heterocycles. The van der Waals surface area contributed by atoms with Crippen molar-refractivity contribution in [3.63, 3.8) is 0 Å². The third kappa shape index (κ3) is 5.81. The van der Waals surface area contributed by atoms with Crippen molar-refractivity contribution in [1.82, 2.24) is 15.5 Å². The standard InChI is InChI=1S/C20H29N3O3/c24-19(22-17-9-5-2-6-10-17)13-21-20(25)18-15-23(11-12-26-18)14-16-7-3-1-4-8-16/h1,3-4,7-8,17-18H,2,5-6,9-15H2,(H,21,25)(H,22,24).